The Morgan fingerprint density at radius 3 is 2.76 bits per heavy atom. The molecule has 1 aliphatic heterocycles. The zero-order chi connectivity index (χ0) is 23.9. The minimum atomic E-state index is -0.299. The van der Waals surface area contributed by atoms with Crippen molar-refractivity contribution in [1.82, 2.24) is 14.5 Å². The van der Waals surface area contributed by atoms with Gasteiger partial charge in [0.1, 0.15) is 11.4 Å². The predicted molar refractivity (Wildman–Crippen MR) is 133 cm³/mol. The minimum Gasteiger partial charge on any atom is -0.338 e. The van der Waals surface area contributed by atoms with E-state index in [4.69, 9.17) is 11.6 Å². The van der Waals surface area contributed by atoms with Gasteiger partial charge in [0.2, 0.25) is 5.91 Å². The van der Waals surface area contributed by atoms with Crippen molar-refractivity contribution in [2.75, 3.05) is 18.5 Å². The predicted octanol–water partition coefficient (Wildman–Crippen LogP) is 4.41. The molecule has 0 aliphatic carbocycles. The molecule has 0 saturated carbocycles. The van der Waals surface area contributed by atoms with Gasteiger partial charge in [-0.15, -0.1) is 11.3 Å². The molecular formula is C24H27ClN4O3S. The number of carbonyl (C=O) groups is 2. The van der Waals surface area contributed by atoms with Crippen LogP contribution < -0.4 is 10.5 Å². The standard InChI is InChI=1S/C24H27ClN4O3S/c1-14-8-9-17(25)11-18(14)27(4)24(32)21-16(3)20-22(33-21)26-13-28(23(20)31)12-19(30)29-10-6-5-7-15(29)2/h8-9,11,13,15H,5-7,10,12H2,1-4H3/t15-/m0/s1. The average molecular weight is 487 g/mol. The first-order chi connectivity index (χ1) is 15.7. The first-order valence-corrected chi connectivity index (χ1v) is 12.2. The molecule has 1 aliphatic rings. The van der Waals surface area contributed by atoms with Crippen molar-refractivity contribution in [3.8, 4) is 0 Å². The Bertz CT molecular complexity index is 1300. The smallest absolute Gasteiger partial charge is 0.268 e. The summed E-state index contributed by atoms with van der Waals surface area (Å²) in [5, 5.41) is 0.933. The van der Waals surface area contributed by atoms with Crippen molar-refractivity contribution in [1.29, 1.82) is 0 Å². The summed E-state index contributed by atoms with van der Waals surface area (Å²) in [6.07, 6.45) is 4.49. The van der Waals surface area contributed by atoms with Crippen LogP contribution in [0.15, 0.2) is 29.3 Å². The summed E-state index contributed by atoms with van der Waals surface area (Å²) in [7, 11) is 1.69. The molecule has 1 saturated heterocycles. The number of rotatable bonds is 4. The van der Waals surface area contributed by atoms with Gasteiger partial charge in [-0.3, -0.25) is 19.0 Å². The quantitative estimate of drug-likeness (QED) is 0.547. The molecule has 33 heavy (non-hydrogen) atoms. The number of anilines is 1. The van der Waals surface area contributed by atoms with Crippen LogP contribution in [-0.4, -0.2) is 45.9 Å². The van der Waals surface area contributed by atoms with Gasteiger partial charge < -0.3 is 9.80 Å². The molecule has 0 radical (unpaired) electrons. The number of hydrogen-bond donors (Lipinski definition) is 0. The zero-order valence-corrected chi connectivity index (χ0v) is 20.8. The fraction of sp³-hybridized carbons (Fsp3) is 0.417. The normalized spacial score (nSPS) is 16.3. The maximum absolute atomic E-state index is 13.3. The van der Waals surface area contributed by atoms with Crippen molar-refractivity contribution >= 4 is 50.7 Å². The molecule has 2 amide bonds. The van der Waals surface area contributed by atoms with Gasteiger partial charge in [0.25, 0.3) is 11.5 Å². The van der Waals surface area contributed by atoms with E-state index >= 15 is 0 Å². The number of halogens is 1. The van der Waals surface area contributed by atoms with Crippen LogP contribution in [-0.2, 0) is 11.3 Å². The number of aromatic nitrogens is 2. The van der Waals surface area contributed by atoms with Crippen molar-refractivity contribution in [2.24, 2.45) is 0 Å². The second-order valence-electron chi connectivity index (χ2n) is 8.64. The van der Waals surface area contributed by atoms with Crippen molar-refractivity contribution in [3.63, 3.8) is 0 Å². The Labute approximate surface area is 201 Å². The van der Waals surface area contributed by atoms with Gasteiger partial charge in [-0.2, -0.15) is 0 Å². The lowest BCUT2D eigenvalue weighted by Crippen LogP contribution is -2.44. The van der Waals surface area contributed by atoms with Crippen LogP contribution in [0.2, 0.25) is 5.02 Å². The topological polar surface area (TPSA) is 75.5 Å². The third kappa shape index (κ3) is 4.42. The highest BCUT2D eigenvalue weighted by Crippen LogP contribution is 2.31. The summed E-state index contributed by atoms with van der Waals surface area (Å²) in [5.41, 5.74) is 1.90. The number of fused-ring (bicyclic) bond motifs is 1. The molecule has 174 valence electrons. The first kappa shape index (κ1) is 23.4. The molecule has 0 bridgehead atoms. The van der Waals surface area contributed by atoms with Crippen LogP contribution in [0.25, 0.3) is 10.2 Å². The van der Waals surface area contributed by atoms with E-state index in [2.05, 4.69) is 4.98 Å². The molecular weight excluding hydrogens is 460 g/mol. The summed E-state index contributed by atoms with van der Waals surface area (Å²) < 4.78 is 1.35. The number of hydrogen-bond acceptors (Lipinski definition) is 5. The number of benzene rings is 1. The highest BCUT2D eigenvalue weighted by molar-refractivity contribution is 7.20. The number of piperidine rings is 1. The molecule has 7 nitrogen and oxygen atoms in total. The fourth-order valence-electron chi connectivity index (χ4n) is 4.39. The van der Waals surface area contributed by atoms with Crippen LogP contribution in [0.1, 0.15) is 47.0 Å². The molecule has 2 aromatic heterocycles. The van der Waals surface area contributed by atoms with Crippen LogP contribution in [0.4, 0.5) is 5.69 Å². The second-order valence-corrected chi connectivity index (χ2v) is 10.1. The second kappa shape index (κ2) is 9.27. The Balaban J connectivity index is 1.66. The number of carbonyl (C=O) groups excluding carboxylic acids is 2. The van der Waals surface area contributed by atoms with Gasteiger partial charge in [-0.05, 0) is 63.3 Å². The van der Waals surface area contributed by atoms with Gasteiger partial charge in [0, 0.05) is 30.3 Å². The summed E-state index contributed by atoms with van der Waals surface area (Å²) in [6, 6.07) is 5.56. The minimum absolute atomic E-state index is 0.0493. The highest BCUT2D eigenvalue weighted by atomic mass is 35.5. The molecule has 3 aromatic rings. The fourth-order valence-corrected chi connectivity index (χ4v) is 5.67. The van der Waals surface area contributed by atoms with E-state index in [0.29, 0.717) is 31.4 Å². The average Bonchev–Trinajstić information content (AvgIpc) is 3.13. The van der Waals surface area contributed by atoms with Crippen LogP contribution in [0, 0.1) is 13.8 Å². The Hall–Kier alpha value is -2.71. The van der Waals surface area contributed by atoms with Gasteiger partial charge in [0.05, 0.1) is 16.6 Å². The number of thiophene rings is 1. The van der Waals surface area contributed by atoms with E-state index in [1.165, 1.54) is 22.2 Å². The zero-order valence-electron chi connectivity index (χ0n) is 19.2. The van der Waals surface area contributed by atoms with Crippen LogP contribution in [0.5, 0.6) is 0 Å². The Morgan fingerprint density at radius 2 is 2.03 bits per heavy atom. The van der Waals surface area contributed by atoms with Crippen molar-refractivity contribution < 1.29 is 9.59 Å². The van der Waals surface area contributed by atoms with E-state index in [1.54, 1.807) is 31.0 Å². The monoisotopic (exact) mass is 486 g/mol. The highest BCUT2D eigenvalue weighted by Gasteiger charge is 2.26. The van der Waals surface area contributed by atoms with Crippen molar-refractivity contribution in [3.05, 3.63) is 55.9 Å². The molecule has 0 unspecified atom stereocenters. The van der Waals surface area contributed by atoms with Crippen molar-refractivity contribution in [2.45, 2.75) is 52.6 Å². The third-order valence-electron chi connectivity index (χ3n) is 6.38. The lowest BCUT2D eigenvalue weighted by atomic mass is 10.0. The van der Waals surface area contributed by atoms with E-state index in [-0.39, 0.29) is 30.0 Å². The summed E-state index contributed by atoms with van der Waals surface area (Å²) in [6.45, 7) is 6.38. The van der Waals surface area contributed by atoms with E-state index in [1.807, 2.05) is 24.8 Å². The van der Waals surface area contributed by atoms with E-state index < -0.39 is 0 Å². The van der Waals surface area contributed by atoms with E-state index in [0.717, 1.165) is 31.4 Å². The molecule has 1 atom stereocenters. The lowest BCUT2D eigenvalue weighted by Gasteiger charge is -2.33. The van der Waals surface area contributed by atoms with E-state index in [9.17, 15) is 14.4 Å². The number of amides is 2. The van der Waals surface area contributed by atoms with Crippen LogP contribution in [0.3, 0.4) is 0 Å². The Morgan fingerprint density at radius 1 is 1.27 bits per heavy atom. The molecule has 9 heteroatoms. The summed E-state index contributed by atoms with van der Waals surface area (Å²) in [5.74, 6) is -0.309. The maximum Gasteiger partial charge on any atom is 0.268 e. The molecule has 0 spiro atoms. The summed E-state index contributed by atoms with van der Waals surface area (Å²) in [4.78, 5) is 48.1. The molecule has 1 fully saturated rings. The summed E-state index contributed by atoms with van der Waals surface area (Å²) >= 11 is 7.32. The maximum atomic E-state index is 13.3. The van der Waals surface area contributed by atoms with Gasteiger partial charge in [-0.1, -0.05) is 17.7 Å². The SMILES string of the molecule is Cc1ccc(Cl)cc1N(C)C(=O)c1sc2ncn(CC(=O)N3CCCC[C@@H]3C)c(=O)c2c1C. The number of aryl methyl sites for hydroxylation is 2. The third-order valence-corrected chi connectivity index (χ3v) is 7.80. The first-order valence-electron chi connectivity index (χ1n) is 11.0. The van der Waals surface area contributed by atoms with Gasteiger partial charge >= 0.3 is 0 Å². The molecule has 1 aromatic carbocycles. The van der Waals surface area contributed by atoms with Gasteiger partial charge in [-0.25, -0.2) is 4.98 Å². The van der Waals surface area contributed by atoms with Gasteiger partial charge in [0.15, 0.2) is 0 Å². The molecule has 3 heterocycles. The largest absolute Gasteiger partial charge is 0.338 e. The lowest BCUT2D eigenvalue weighted by molar-refractivity contribution is -0.135. The van der Waals surface area contributed by atoms with Crippen LogP contribution >= 0.6 is 22.9 Å². The molecule has 4 rings (SSSR count). The number of nitrogens with zero attached hydrogens (tertiary/aromatic N) is 4. The Kier molecular flexibility index (Phi) is 6.59. The molecule has 0 N–H and O–H groups in total. The number of likely N-dealkylation sites (tertiary alicyclic amines) is 1.